The molecule has 0 atom stereocenters. The van der Waals surface area contributed by atoms with Crippen molar-refractivity contribution in [1.82, 2.24) is 14.1 Å². The van der Waals surface area contributed by atoms with Gasteiger partial charge in [-0.3, -0.25) is 14.3 Å². The van der Waals surface area contributed by atoms with E-state index in [-0.39, 0.29) is 37.2 Å². The average Bonchev–Trinajstić information content (AvgIpc) is 3.61. The normalized spacial score (nSPS) is 14.6. The molecular formula is C27H31ClN4O5. The van der Waals surface area contributed by atoms with E-state index in [0.717, 1.165) is 28.5 Å². The number of nitrogens with one attached hydrogen (secondary N) is 1. The second kappa shape index (κ2) is 10.8. The third-order valence-corrected chi connectivity index (χ3v) is 6.65. The molecule has 10 heteroatoms. The van der Waals surface area contributed by atoms with Gasteiger partial charge in [0.15, 0.2) is 0 Å². The number of methoxy groups -OCH3 is 1. The summed E-state index contributed by atoms with van der Waals surface area (Å²) in [6.07, 6.45) is 1.58. The maximum absolute atomic E-state index is 13.7. The summed E-state index contributed by atoms with van der Waals surface area (Å²) in [7, 11) is 1.33. The zero-order valence-electron chi connectivity index (χ0n) is 21.4. The quantitative estimate of drug-likeness (QED) is 0.428. The summed E-state index contributed by atoms with van der Waals surface area (Å²) in [5, 5.41) is 0.370. The number of hydrogen-bond donors (Lipinski definition) is 1. The van der Waals surface area contributed by atoms with Crippen molar-refractivity contribution >= 4 is 23.3 Å². The molecule has 0 radical (unpaired) electrons. The molecule has 1 N–H and O–H groups in total. The first-order valence-corrected chi connectivity index (χ1v) is 12.5. The second-order valence-corrected chi connectivity index (χ2v) is 10.2. The van der Waals surface area contributed by atoms with Crippen LogP contribution in [0.25, 0.3) is 0 Å². The second-order valence-electron chi connectivity index (χ2n) is 9.84. The summed E-state index contributed by atoms with van der Waals surface area (Å²) in [5.74, 6) is 0.162. The van der Waals surface area contributed by atoms with Crippen molar-refractivity contribution in [1.29, 1.82) is 0 Å². The number of aromatic amines is 1. The van der Waals surface area contributed by atoms with E-state index < -0.39 is 16.8 Å². The van der Waals surface area contributed by atoms with Crippen LogP contribution in [-0.4, -0.2) is 33.3 Å². The molecule has 1 fully saturated rings. The molecular weight excluding hydrogens is 496 g/mol. The molecule has 1 aromatic heterocycles. The van der Waals surface area contributed by atoms with Crippen molar-refractivity contribution in [3.63, 3.8) is 0 Å². The Morgan fingerprint density at radius 3 is 2.43 bits per heavy atom. The Kier molecular flexibility index (Phi) is 7.73. The monoisotopic (exact) mass is 526 g/mol. The first kappa shape index (κ1) is 26.5. The molecule has 1 aliphatic rings. The molecule has 4 rings (SSSR count). The lowest BCUT2D eigenvalue weighted by Gasteiger charge is -2.16. The molecule has 1 aliphatic carbocycles. The number of hydrogen-bond acceptors (Lipinski definition) is 6. The summed E-state index contributed by atoms with van der Waals surface area (Å²) in [6, 6.07) is 12.8. The number of carbonyl (C=O) groups excluding carboxylic acids is 1. The van der Waals surface area contributed by atoms with Crippen molar-refractivity contribution in [2.45, 2.75) is 59.2 Å². The topological polar surface area (TPSA) is 108 Å². The maximum Gasteiger partial charge on any atom is 0.335 e. The minimum atomic E-state index is -0.592. The molecule has 37 heavy (non-hydrogen) atoms. The Morgan fingerprint density at radius 1 is 1.14 bits per heavy atom. The lowest BCUT2D eigenvalue weighted by molar-refractivity contribution is -0.142. The van der Waals surface area contributed by atoms with Gasteiger partial charge in [-0.05, 0) is 62.8 Å². The van der Waals surface area contributed by atoms with Crippen molar-refractivity contribution in [3.05, 3.63) is 85.2 Å². The Morgan fingerprint density at radius 2 is 1.84 bits per heavy atom. The van der Waals surface area contributed by atoms with Crippen LogP contribution >= 0.6 is 11.6 Å². The molecule has 196 valence electrons. The molecule has 3 aromatic rings. The van der Waals surface area contributed by atoms with Crippen LogP contribution in [0.15, 0.2) is 57.0 Å². The highest BCUT2D eigenvalue weighted by molar-refractivity contribution is 6.32. The Hall–Kier alpha value is -3.59. The van der Waals surface area contributed by atoms with Crippen molar-refractivity contribution < 1.29 is 14.3 Å². The van der Waals surface area contributed by atoms with Crippen LogP contribution in [0.4, 0.5) is 5.69 Å². The van der Waals surface area contributed by atoms with Gasteiger partial charge in [0.2, 0.25) is 5.62 Å². The smallest absolute Gasteiger partial charge is 0.335 e. The van der Waals surface area contributed by atoms with Gasteiger partial charge in [-0.25, -0.2) is 19.1 Å². The molecule has 1 heterocycles. The van der Waals surface area contributed by atoms with Crippen molar-refractivity contribution in [2.75, 3.05) is 7.11 Å². The first-order chi connectivity index (χ1) is 17.6. The molecule has 0 saturated heterocycles. The SMILES string of the molecule is COC(=O)CC1(Cn2c(=O)[nH]/c(=N\c3ccc(OC(C)C)c(Cl)c3)n(Cc3ccc(C)cc3)c2=O)CC1. The summed E-state index contributed by atoms with van der Waals surface area (Å²) in [4.78, 5) is 45.9. The molecule has 0 unspecified atom stereocenters. The number of rotatable bonds is 9. The van der Waals surface area contributed by atoms with E-state index in [9.17, 15) is 14.4 Å². The van der Waals surface area contributed by atoms with Gasteiger partial charge in [0.25, 0.3) is 0 Å². The van der Waals surface area contributed by atoms with Gasteiger partial charge in [0, 0.05) is 6.54 Å². The van der Waals surface area contributed by atoms with E-state index in [1.54, 1.807) is 18.2 Å². The Balaban J connectivity index is 1.80. The summed E-state index contributed by atoms with van der Waals surface area (Å²) in [6.45, 7) is 6.11. The summed E-state index contributed by atoms with van der Waals surface area (Å²) in [5.41, 5.74) is 0.959. The van der Waals surface area contributed by atoms with Crippen LogP contribution < -0.4 is 21.7 Å². The van der Waals surface area contributed by atoms with Crippen LogP contribution in [0.2, 0.25) is 5.02 Å². The number of aryl methyl sites for hydroxylation is 1. The molecule has 2 aromatic carbocycles. The molecule has 0 spiro atoms. The van der Waals surface area contributed by atoms with Gasteiger partial charge >= 0.3 is 17.3 Å². The lowest BCUT2D eigenvalue weighted by Crippen LogP contribution is -2.51. The highest BCUT2D eigenvalue weighted by Gasteiger charge is 2.45. The summed E-state index contributed by atoms with van der Waals surface area (Å²) < 4.78 is 13.1. The number of esters is 1. The number of aromatic nitrogens is 3. The largest absolute Gasteiger partial charge is 0.489 e. The number of ether oxygens (including phenoxy) is 2. The van der Waals surface area contributed by atoms with Gasteiger partial charge < -0.3 is 9.47 Å². The Bertz CT molecular complexity index is 1480. The zero-order valence-corrected chi connectivity index (χ0v) is 22.2. The molecule has 9 nitrogen and oxygen atoms in total. The van der Waals surface area contributed by atoms with Crippen LogP contribution in [0.1, 0.15) is 44.2 Å². The van der Waals surface area contributed by atoms with Gasteiger partial charge in [0.05, 0.1) is 36.9 Å². The Labute approximate surface area is 219 Å². The zero-order chi connectivity index (χ0) is 26.7. The number of H-pyrrole nitrogens is 1. The van der Waals surface area contributed by atoms with Gasteiger partial charge in [-0.2, -0.15) is 0 Å². The third kappa shape index (κ3) is 6.40. The van der Waals surface area contributed by atoms with Crippen LogP contribution in [0.5, 0.6) is 5.75 Å². The van der Waals surface area contributed by atoms with Crippen molar-refractivity contribution in [2.24, 2.45) is 10.4 Å². The van der Waals surface area contributed by atoms with E-state index in [4.69, 9.17) is 21.1 Å². The minimum absolute atomic E-state index is 0.0464. The van der Waals surface area contributed by atoms with Crippen LogP contribution in [0.3, 0.4) is 0 Å². The van der Waals surface area contributed by atoms with E-state index in [1.807, 2.05) is 45.0 Å². The highest BCUT2D eigenvalue weighted by atomic mass is 35.5. The minimum Gasteiger partial charge on any atom is -0.489 e. The van der Waals surface area contributed by atoms with Gasteiger partial charge in [-0.1, -0.05) is 41.4 Å². The third-order valence-electron chi connectivity index (χ3n) is 6.35. The fourth-order valence-electron chi connectivity index (χ4n) is 4.11. The van der Waals surface area contributed by atoms with E-state index in [2.05, 4.69) is 9.98 Å². The maximum atomic E-state index is 13.7. The molecule has 0 bridgehead atoms. The fourth-order valence-corrected chi connectivity index (χ4v) is 4.33. The first-order valence-electron chi connectivity index (χ1n) is 12.2. The van der Waals surface area contributed by atoms with Gasteiger partial charge in [0.1, 0.15) is 5.75 Å². The molecule has 0 aliphatic heterocycles. The van der Waals surface area contributed by atoms with E-state index in [1.165, 1.54) is 11.7 Å². The average molecular weight is 527 g/mol. The number of nitrogens with zero attached hydrogens (tertiary/aromatic N) is 3. The predicted octanol–water partition coefficient (Wildman–Crippen LogP) is 3.71. The highest BCUT2D eigenvalue weighted by Crippen LogP contribution is 2.50. The van der Waals surface area contributed by atoms with Crippen molar-refractivity contribution in [3.8, 4) is 5.75 Å². The standard InChI is InChI=1S/C27H31ClN4O5/c1-17(2)37-22-10-9-20(13-21(22)28)29-24-30-25(34)32(16-27(11-12-27)14-23(33)36-4)26(35)31(24)15-19-7-5-18(3)6-8-19/h5-10,13,17H,11-12,14-16H2,1-4H3,(H,29,30,34). The number of benzene rings is 2. The number of halogens is 1. The predicted molar refractivity (Wildman–Crippen MR) is 140 cm³/mol. The van der Waals surface area contributed by atoms with E-state index in [0.29, 0.717) is 16.5 Å². The molecule has 1 saturated carbocycles. The lowest BCUT2D eigenvalue weighted by atomic mass is 10.0. The van der Waals surface area contributed by atoms with E-state index >= 15 is 0 Å². The summed E-state index contributed by atoms with van der Waals surface area (Å²) >= 11 is 6.38. The fraction of sp³-hybridized carbons (Fsp3) is 0.407. The van der Waals surface area contributed by atoms with Gasteiger partial charge in [-0.15, -0.1) is 0 Å². The molecule has 0 amide bonds. The van der Waals surface area contributed by atoms with Crippen LogP contribution in [-0.2, 0) is 22.6 Å². The van der Waals surface area contributed by atoms with Crippen LogP contribution in [0, 0.1) is 12.3 Å². The number of carbonyl (C=O) groups is 1.